The maximum atomic E-state index is 12.7. The number of fused-ring (bicyclic) bond motifs is 1. The first-order chi connectivity index (χ1) is 14.8. The first kappa shape index (κ1) is 20.0. The summed E-state index contributed by atoms with van der Waals surface area (Å²) in [5.74, 6) is 0.579. The molecule has 160 valence electrons. The minimum Gasteiger partial charge on any atom is -0.495 e. The van der Waals surface area contributed by atoms with Gasteiger partial charge in [-0.2, -0.15) is 5.26 Å². The molecule has 3 aromatic rings. The van der Waals surface area contributed by atoms with Crippen LogP contribution in [0, 0.1) is 11.3 Å². The third-order valence-electron chi connectivity index (χ3n) is 6.27. The van der Waals surface area contributed by atoms with Crippen molar-refractivity contribution >= 4 is 21.1 Å². The molecule has 9 heteroatoms. The molecule has 0 aliphatic heterocycles. The minimum absolute atomic E-state index is 0.119. The minimum atomic E-state index is -3.64. The van der Waals surface area contributed by atoms with Gasteiger partial charge in [0, 0.05) is 23.2 Å². The normalized spacial score (nSPS) is 17.8. The Morgan fingerprint density at radius 3 is 2.58 bits per heavy atom. The van der Waals surface area contributed by atoms with Crippen LogP contribution < -0.4 is 9.46 Å². The Balaban J connectivity index is 1.63. The fourth-order valence-electron chi connectivity index (χ4n) is 4.00. The Morgan fingerprint density at radius 1 is 1.26 bits per heavy atom. The summed E-state index contributed by atoms with van der Waals surface area (Å²) in [4.78, 5) is 9.15. The Hall–Kier alpha value is -2.96. The van der Waals surface area contributed by atoms with Crippen molar-refractivity contribution in [1.29, 1.82) is 5.26 Å². The van der Waals surface area contributed by atoms with E-state index in [1.165, 1.54) is 6.20 Å². The van der Waals surface area contributed by atoms with Crippen molar-refractivity contribution in [2.75, 3.05) is 7.11 Å². The third-order valence-corrected chi connectivity index (χ3v) is 7.90. The first-order valence-corrected chi connectivity index (χ1v) is 11.8. The van der Waals surface area contributed by atoms with Crippen molar-refractivity contribution in [2.24, 2.45) is 0 Å². The van der Waals surface area contributed by atoms with Crippen LogP contribution in [0.25, 0.3) is 22.4 Å². The molecule has 0 amide bonds. The molecule has 5 rings (SSSR count). The van der Waals surface area contributed by atoms with Crippen LogP contribution in [0.1, 0.15) is 50.6 Å². The summed E-state index contributed by atoms with van der Waals surface area (Å²) < 4.78 is 35.5. The summed E-state index contributed by atoms with van der Waals surface area (Å²) in [5.41, 5.74) is 2.07. The van der Waals surface area contributed by atoms with Crippen molar-refractivity contribution < 1.29 is 13.2 Å². The van der Waals surface area contributed by atoms with Gasteiger partial charge in [0.05, 0.1) is 30.3 Å². The molecule has 0 saturated heterocycles. The Bertz CT molecular complexity index is 1310. The molecule has 1 N–H and O–H groups in total. The van der Waals surface area contributed by atoms with Gasteiger partial charge >= 0.3 is 0 Å². The van der Waals surface area contributed by atoms with Crippen LogP contribution in [0.2, 0.25) is 0 Å². The van der Waals surface area contributed by atoms with E-state index < -0.39 is 10.0 Å². The van der Waals surface area contributed by atoms with E-state index in [-0.39, 0.29) is 16.5 Å². The number of nitrogens with one attached hydrogen (secondary N) is 1. The number of aromatic nitrogens is 3. The fourth-order valence-corrected chi connectivity index (χ4v) is 5.41. The maximum absolute atomic E-state index is 12.7. The molecule has 2 fully saturated rings. The standard InChI is InChI=1S/C22H23N5O3S/c1-22(8-9-22)26-31(28,29)16-6-7-19(24-13-16)20-18(11-23)17-10-15(30-2)12-25-21(17)27(20)14-4-3-5-14/h6-7,10,12-14,26H,3-5,8-9H2,1-2H3. The van der Waals surface area contributed by atoms with Crippen LogP contribution in [0.3, 0.4) is 0 Å². The molecule has 3 heterocycles. The van der Waals surface area contributed by atoms with Gasteiger partial charge in [-0.25, -0.2) is 18.1 Å². The molecule has 2 aliphatic rings. The molecule has 31 heavy (non-hydrogen) atoms. The van der Waals surface area contributed by atoms with E-state index in [1.807, 2.05) is 13.0 Å². The molecule has 0 radical (unpaired) electrons. The monoisotopic (exact) mass is 437 g/mol. The van der Waals surface area contributed by atoms with Gasteiger partial charge in [0.1, 0.15) is 22.4 Å². The molecule has 2 aliphatic carbocycles. The van der Waals surface area contributed by atoms with E-state index >= 15 is 0 Å². The number of pyridine rings is 2. The van der Waals surface area contributed by atoms with Gasteiger partial charge in [0.2, 0.25) is 10.0 Å². The maximum Gasteiger partial charge on any atom is 0.242 e. The van der Waals surface area contributed by atoms with E-state index in [1.54, 1.807) is 25.4 Å². The first-order valence-electron chi connectivity index (χ1n) is 10.3. The van der Waals surface area contributed by atoms with Crippen LogP contribution >= 0.6 is 0 Å². The SMILES string of the molecule is COc1cnc2c(c1)c(C#N)c(-c1ccc(S(=O)(=O)NC3(C)CC3)cn1)n2C1CCC1. The van der Waals surface area contributed by atoms with Crippen molar-refractivity contribution in [3.05, 3.63) is 36.2 Å². The zero-order chi connectivity index (χ0) is 21.8. The van der Waals surface area contributed by atoms with Crippen molar-refractivity contribution in [2.45, 2.75) is 55.5 Å². The third kappa shape index (κ3) is 3.36. The van der Waals surface area contributed by atoms with E-state index in [0.717, 1.165) is 37.8 Å². The van der Waals surface area contributed by atoms with Crippen molar-refractivity contribution in [3.63, 3.8) is 0 Å². The number of hydrogen-bond donors (Lipinski definition) is 1. The van der Waals surface area contributed by atoms with Gasteiger partial charge in [-0.1, -0.05) is 0 Å². The van der Waals surface area contributed by atoms with Gasteiger partial charge in [-0.15, -0.1) is 0 Å². The number of hydrogen-bond acceptors (Lipinski definition) is 6. The molecular weight excluding hydrogens is 414 g/mol. The lowest BCUT2D eigenvalue weighted by atomic mass is 9.92. The number of methoxy groups -OCH3 is 1. The largest absolute Gasteiger partial charge is 0.495 e. The average Bonchev–Trinajstić information content (AvgIpc) is 3.35. The van der Waals surface area contributed by atoms with E-state index in [0.29, 0.717) is 28.1 Å². The fraction of sp³-hybridized carbons (Fsp3) is 0.409. The number of ether oxygens (including phenoxy) is 1. The quantitative estimate of drug-likeness (QED) is 0.632. The Labute approximate surface area is 180 Å². The molecular formula is C22H23N5O3S. The molecule has 2 saturated carbocycles. The predicted molar refractivity (Wildman–Crippen MR) is 115 cm³/mol. The topological polar surface area (TPSA) is 110 Å². The van der Waals surface area contributed by atoms with Crippen LogP contribution in [0.15, 0.2) is 35.5 Å². The summed E-state index contributed by atoms with van der Waals surface area (Å²) in [6, 6.07) is 7.59. The Morgan fingerprint density at radius 2 is 2.03 bits per heavy atom. The lowest BCUT2D eigenvalue weighted by Crippen LogP contribution is -2.34. The molecule has 0 atom stereocenters. The molecule has 3 aromatic heterocycles. The van der Waals surface area contributed by atoms with Gasteiger partial charge < -0.3 is 9.30 Å². The summed E-state index contributed by atoms with van der Waals surface area (Å²) in [6.07, 6.45) is 7.81. The van der Waals surface area contributed by atoms with Gasteiger partial charge in [0.15, 0.2) is 0 Å². The Kier molecular flexibility index (Phi) is 4.53. The van der Waals surface area contributed by atoms with E-state index in [4.69, 9.17) is 4.74 Å². The van der Waals surface area contributed by atoms with Crippen LogP contribution in [0.5, 0.6) is 5.75 Å². The van der Waals surface area contributed by atoms with Crippen molar-refractivity contribution in [3.8, 4) is 23.2 Å². The summed E-state index contributed by atoms with van der Waals surface area (Å²) >= 11 is 0. The lowest BCUT2D eigenvalue weighted by Gasteiger charge is -2.29. The smallest absolute Gasteiger partial charge is 0.242 e. The zero-order valence-corrected chi connectivity index (χ0v) is 18.2. The molecule has 0 spiro atoms. The second-order valence-electron chi connectivity index (χ2n) is 8.58. The van der Waals surface area contributed by atoms with E-state index in [9.17, 15) is 13.7 Å². The highest BCUT2D eigenvalue weighted by Gasteiger charge is 2.41. The van der Waals surface area contributed by atoms with Gasteiger partial charge in [-0.3, -0.25) is 4.98 Å². The second-order valence-corrected chi connectivity index (χ2v) is 10.3. The van der Waals surface area contributed by atoms with Gasteiger partial charge in [-0.05, 0) is 57.2 Å². The van der Waals surface area contributed by atoms with Crippen LogP contribution in [-0.4, -0.2) is 35.6 Å². The summed E-state index contributed by atoms with van der Waals surface area (Å²) in [7, 11) is -2.07. The zero-order valence-electron chi connectivity index (χ0n) is 17.4. The highest BCUT2D eigenvalue weighted by molar-refractivity contribution is 7.89. The van der Waals surface area contributed by atoms with Crippen molar-refractivity contribution in [1.82, 2.24) is 19.3 Å². The second kappa shape index (κ2) is 7.04. The predicted octanol–water partition coefficient (Wildman–Crippen LogP) is 3.53. The lowest BCUT2D eigenvalue weighted by molar-refractivity contribution is 0.322. The summed E-state index contributed by atoms with van der Waals surface area (Å²) in [6.45, 7) is 1.89. The molecule has 0 unspecified atom stereocenters. The van der Waals surface area contributed by atoms with Gasteiger partial charge in [0.25, 0.3) is 0 Å². The molecule has 0 bridgehead atoms. The molecule has 8 nitrogen and oxygen atoms in total. The van der Waals surface area contributed by atoms with Crippen LogP contribution in [0.4, 0.5) is 0 Å². The molecule has 0 aromatic carbocycles. The van der Waals surface area contributed by atoms with E-state index in [2.05, 4.69) is 25.3 Å². The number of rotatable bonds is 6. The number of nitriles is 1. The highest BCUT2D eigenvalue weighted by Crippen LogP contribution is 2.42. The van der Waals surface area contributed by atoms with Crippen LogP contribution in [-0.2, 0) is 10.0 Å². The number of nitrogens with zero attached hydrogens (tertiary/aromatic N) is 4. The highest BCUT2D eigenvalue weighted by atomic mass is 32.2. The average molecular weight is 438 g/mol. The number of sulfonamides is 1. The summed E-state index contributed by atoms with van der Waals surface area (Å²) in [5, 5.41) is 10.7.